The van der Waals surface area contributed by atoms with Crippen LogP contribution in [0.4, 0.5) is 4.39 Å². The van der Waals surface area contributed by atoms with Crippen molar-refractivity contribution in [3.8, 4) is 0 Å². The number of aromatic nitrogens is 2. The first-order valence-corrected chi connectivity index (χ1v) is 9.83. The maximum Gasteiger partial charge on any atom is 0.199 e. The van der Waals surface area contributed by atoms with Crippen LogP contribution in [0.2, 0.25) is 5.02 Å². The van der Waals surface area contributed by atoms with Crippen molar-refractivity contribution in [1.29, 1.82) is 0 Å². The van der Waals surface area contributed by atoms with E-state index in [1.807, 2.05) is 19.9 Å². The Bertz CT molecular complexity index is 1040. The fraction of sp³-hybridized carbons (Fsp3) is 0.190. The molecular formula is C21H20BrClFN3O. The molecule has 0 saturated heterocycles. The van der Waals surface area contributed by atoms with Gasteiger partial charge >= 0.3 is 0 Å². The van der Waals surface area contributed by atoms with E-state index in [4.69, 9.17) is 11.6 Å². The third-order valence-corrected chi connectivity index (χ3v) is 4.25. The van der Waals surface area contributed by atoms with Crippen molar-refractivity contribution in [3.63, 3.8) is 0 Å². The third-order valence-electron chi connectivity index (χ3n) is 3.58. The molecule has 2 aromatic heterocycles. The molecule has 0 radical (unpaired) electrons. The van der Waals surface area contributed by atoms with Crippen molar-refractivity contribution < 1.29 is 9.18 Å². The largest absolute Gasteiger partial charge is 0.383 e. The summed E-state index contributed by atoms with van der Waals surface area (Å²) in [7, 11) is 3.56. The minimum atomic E-state index is -0.630. The van der Waals surface area contributed by atoms with Crippen LogP contribution in [0.3, 0.4) is 0 Å². The molecule has 0 aliphatic heterocycles. The van der Waals surface area contributed by atoms with E-state index in [0.29, 0.717) is 21.7 Å². The third kappa shape index (κ3) is 5.14. The topological polar surface area (TPSA) is 46.1 Å². The molecule has 0 unspecified atom stereocenters. The molecule has 1 aromatic carbocycles. The number of rotatable bonds is 4. The molecule has 146 valence electrons. The maximum atomic E-state index is 14.2. The number of ketones is 1. The lowest BCUT2D eigenvalue weighted by atomic mass is 10.00. The Hall–Kier alpha value is -2.31. The second-order valence-electron chi connectivity index (χ2n) is 5.85. The number of hydrogen-bond donors (Lipinski definition) is 0. The molecule has 0 spiro atoms. The first-order chi connectivity index (χ1) is 13.3. The van der Waals surface area contributed by atoms with Crippen molar-refractivity contribution in [1.82, 2.24) is 14.9 Å². The first kappa shape index (κ1) is 22.0. The number of Topliss-reactive ketones (excluding diaryl/α,β-unsaturated/α-hetero) is 1. The minimum absolute atomic E-state index is 0.0973. The fourth-order valence-corrected chi connectivity index (χ4v) is 2.94. The lowest BCUT2D eigenvalue weighted by Crippen LogP contribution is -2.11. The molecule has 28 heavy (non-hydrogen) atoms. The predicted octanol–water partition coefficient (Wildman–Crippen LogP) is 6.00. The Kier molecular flexibility index (Phi) is 7.66. The van der Waals surface area contributed by atoms with Gasteiger partial charge < -0.3 is 4.90 Å². The van der Waals surface area contributed by atoms with Crippen molar-refractivity contribution in [3.05, 3.63) is 75.4 Å². The van der Waals surface area contributed by atoms with Gasteiger partial charge in [0.05, 0.1) is 27.9 Å². The number of nitrogens with zero attached hydrogens (tertiary/aromatic N) is 3. The summed E-state index contributed by atoms with van der Waals surface area (Å²) in [5.74, 6) is -1.12. The van der Waals surface area contributed by atoms with Crippen LogP contribution in [-0.4, -0.2) is 34.7 Å². The lowest BCUT2D eigenvalue weighted by Gasteiger charge is -2.12. The van der Waals surface area contributed by atoms with E-state index in [9.17, 15) is 9.18 Å². The summed E-state index contributed by atoms with van der Waals surface area (Å²) in [4.78, 5) is 23.5. The van der Waals surface area contributed by atoms with E-state index < -0.39 is 11.6 Å². The van der Waals surface area contributed by atoms with Crippen LogP contribution in [0.1, 0.15) is 29.9 Å². The van der Waals surface area contributed by atoms with Crippen molar-refractivity contribution in [2.45, 2.75) is 13.8 Å². The summed E-state index contributed by atoms with van der Waals surface area (Å²) >= 11 is 9.30. The number of fused-ring (bicyclic) bond motifs is 1. The van der Waals surface area contributed by atoms with Crippen molar-refractivity contribution >= 4 is 49.9 Å². The van der Waals surface area contributed by atoms with Gasteiger partial charge in [-0.2, -0.15) is 0 Å². The second kappa shape index (κ2) is 9.75. The van der Waals surface area contributed by atoms with E-state index in [2.05, 4.69) is 25.9 Å². The van der Waals surface area contributed by atoms with Gasteiger partial charge in [-0.25, -0.2) is 9.37 Å². The van der Waals surface area contributed by atoms with Crippen molar-refractivity contribution in [2.75, 3.05) is 14.1 Å². The van der Waals surface area contributed by atoms with E-state index in [1.54, 1.807) is 43.5 Å². The minimum Gasteiger partial charge on any atom is -0.383 e. The van der Waals surface area contributed by atoms with E-state index >= 15 is 0 Å². The summed E-state index contributed by atoms with van der Waals surface area (Å²) in [6, 6.07) is 9.18. The number of allylic oxidation sites excluding steroid dienone is 1. The summed E-state index contributed by atoms with van der Waals surface area (Å²) < 4.78 is 15.0. The van der Waals surface area contributed by atoms with Crippen LogP contribution in [0.5, 0.6) is 0 Å². The van der Waals surface area contributed by atoms with Gasteiger partial charge in [0, 0.05) is 36.0 Å². The number of carbonyl (C=O) groups excluding carboxylic acids is 1. The standard InChI is InChI=1S/C19H14BrClFN3O.C2H6/c1-25(2)10-14(19(26)13-8-12(21)3-4-15(13)22)16-5-6-17-18(24-16)7-11(20)9-23-17;1-2/h3-10H,1-2H3;1-2H3/b14-10+;. The van der Waals surface area contributed by atoms with Gasteiger partial charge in [0.15, 0.2) is 5.78 Å². The normalized spacial score (nSPS) is 11.0. The molecular weight excluding hydrogens is 445 g/mol. The van der Waals surface area contributed by atoms with Crippen LogP contribution in [0.15, 0.2) is 53.3 Å². The molecule has 0 aliphatic rings. The predicted molar refractivity (Wildman–Crippen MR) is 116 cm³/mol. The molecule has 0 N–H and O–H groups in total. The monoisotopic (exact) mass is 463 g/mol. The first-order valence-electron chi connectivity index (χ1n) is 8.66. The van der Waals surface area contributed by atoms with Gasteiger partial charge in [-0.15, -0.1) is 0 Å². The SMILES string of the molecule is CC.CN(C)/C=C(/C(=O)c1cc(Cl)ccc1F)c1ccc2ncc(Br)cc2n1. The molecule has 4 nitrogen and oxygen atoms in total. The highest BCUT2D eigenvalue weighted by molar-refractivity contribution is 9.10. The fourth-order valence-electron chi connectivity index (χ4n) is 2.45. The summed E-state index contributed by atoms with van der Waals surface area (Å²) in [5, 5.41) is 0.290. The van der Waals surface area contributed by atoms with Crippen LogP contribution in [0, 0.1) is 5.82 Å². The summed E-state index contributed by atoms with van der Waals surface area (Å²) in [6.07, 6.45) is 3.29. The molecule has 0 aliphatic carbocycles. The Balaban J connectivity index is 0.00000136. The quantitative estimate of drug-likeness (QED) is 0.351. The van der Waals surface area contributed by atoms with Crippen LogP contribution >= 0.6 is 27.5 Å². The Morgan fingerprint density at radius 2 is 1.86 bits per heavy atom. The highest BCUT2D eigenvalue weighted by Gasteiger charge is 2.20. The smallest absolute Gasteiger partial charge is 0.199 e. The van der Waals surface area contributed by atoms with Crippen LogP contribution in [-0.2, 0) is 0 Å². The molecule has 3 rings (SSSR count). The number of hydrogen-bond acceptors (Lipinski definition) is 4. The van der Waals surface area contributed by atoms with Gasteiger partial charge in [0.25, 0.3) is 0 Å². The van der Waals surface area contributed by atoms with Crippen molar-refractivity contribution in [2.24, 2.45) is 0 Å². The summed E-state index contributed by atoms with van der Waals surface area (Å²) in [5.41, 5.74) is 1.91. The summed E-state index contributed by atoms with van der Waals surface area (Å²) in [6.45, 7) is 4.00. The van der Waals surface area contributed by atoms with E-state index in [-0.39, 0.29) is 11.1 Å². The highest BCUT2D eigenvalue weighted by atomic mass is 79.9. The molecule has 2 heterocycles. The number of benzene rings is 1. The van der Waals surface area contributed by atoms with Crippen LogP contribution in [0.25, 0.3) is 16.6 Å². The number of carbonyl (C=O) groups is 1. The zero-order valence-electron chi connectivity index (χ0n) is 16.0. The molecule has 0 amide bonds. The number of pyridine rings is 2. The van der Waals surface area contributed by atoms with E-state index in [1.165, 1.54) is 18.2 Å². The van der Waals surface area contributed by atoms with Gasteiger partial charge in [-0.1, -0.05) is 25.4 Å². The average molecular weight is 465 g/mol. The molecule has 3 aromatic rings. The lowest BCUT2D eigenvalue weighted by molar-refractivity contribution is 0.105. The number of halogens is 3. The molecule has 0 fully saturated rings. The molecule has 7 heteroatoms. The van der Waals surface area contributed by atoms with Gasteiger partial charge in [-0.05, 0) is 52.3 Å². The Morgan fingerprint density at radius 1 is 1.14 bits per heavy atom. The molecule has 0 saturated carbocycles. The average Bonchev–Trinajstić information content (AvgIpc) is 2.68. The molecule has 0 atom stereocenters. The Morgan fingerprint density at radius 3 is 2.54 bits per heavy atom. The second-order valence-corrected chi connectivity index (χ2v) is 7.20. The van der Waals surface area contributed by atoms with Gasteiger partial charge in [0.1, 0.15) is 5.82 Å². The van der Waals surface area contributed by atoms with Gasteiger partial charge in [0.2, 0.25) is 0 Å². The maximum absolute atomic E-state index is 14.2. The molecule has 0 bridgehead atoms. The van der Waals surface area contributed by atoms with Gasteiger partial charge in [-0.3, -0.25) is 9.78 Å². The van der Waals surface area contributed by atoms with Crippen LogP contribution < -0.4 is 0 Å². The van der Waals surface area contributed by atoms with E-state index in [0.717, 1.165) is 4.47 Å². The Labute approximate surface area is 177 Å². The zero-order valence-corrected chi connectivity index (χ0v) is 18.3. The zero-order chi connectivity index (χ0) is 20.8. The highest BCUT2D eigenvalue weighted by Crippen LogP contribution is 2.25.